The van der Waals surface area contributed by atoms with Crippen LogP contribution in [-0.2, 0) is 16.1 Å². The van der Waals surface area contributed by atoms with Gasteiger partial charge in [-0.2, -0.15) is 0 Å². The Morgan fingerprint density at radius 3 is 1.96 bits per heavy atom. The van der Waals surface area contributed by atoms with Gasteiger partial charge in [-0.1, -0.05) is 24.3 Å². The molecule has 0 saturated carbocycles. The first-order valence-corrected chi connectivity index (χ1v) is 9.66. The normalized spacial score (nSPS) is 13.1. The number of hydrogen-bond acceptors (Lipinski definition) is 5. The van der Waals surface area contributed by atoms with Gasteiger partial charge in [0, 0.05) is 18.6 Å². The fourth-order valence-corrected chi connectivity index (χ4v) is 3.27. The van der Waals surface area contributed by atoms with Gasteiger partial charge in [0.15, 0.2) is 0 Å². The van der Waals surface area contributed by atoms with Crippen LogP contribution in [0.3, 0.4) is 0 Å². The Morgan fingerprint density at radius 1 is 0.929 bits per heavy atom. The Bertz CT molecular complexity index is 727. The molecule has 2 aromatic rings. The standard InChI is InChI=1S/C23H31NO4/c1-6-28-23(25)15-17(2)24(16-19-7-11-21(26-4)12-8-19)18(3)20-9-13-22(27-5)14-10-20/h7-14,17-18H,6,15-16H2,1-5H3/t17-,18-/m1/s1. The highest BCUT2D eigenvalue weighted by molar-refractivity contribution is 5.70. The molecule has 0 fully saturated rings. The lowest BCUT2D eigenvalue weighted by atomic mass is 10.0. The maximum atomic E-state index is 12.1. The molecule has 0 aromatic heterocycles. The molecule has 2 rings (SSSR count). The van der Waals surface area contributed by atoms with Crippen LogP contribution in [0.2, 0.25) is 0 Å². The molecular weight excluding hydrogens is 354 g/mol. The smallest absolute Gasteiger partial charge is 0.307 e. The third-order valence-corrected chi connectivity index (χ3v) is 4.95. The summed E-state index contributed by atoms with van der Waals surface area (Å²) in [5, 5.41) is 0. The molecule has 0 unspecified atom stereocenters. The first-order chi connectivity index (χ1) is 13.5. The Balaban J connectivity index is 2.23. The minimum Gasteiger partial charge on any atom is -0.497 e. The number of carbonyl (C=O) groups is 1. The zero-order valence-electron chi connectivity index (χ0n) is 17.5. The van der Waals surface area contributed by atoms with E-state index in [0.717, 1.165) is 23.6 Å². The van der Waals surface area contributed by atoms with Crippen molar-refractivity contribution < 1.29 is 19.0 Å². The summed E-state index contributed by atoms with van der Waals surface area (Å²) in [5.41, 5.74) is 2.34. The number of carbonyl (C=O) groups excluding carboxylic acids is 1. The largest absolute Gasteiger partial charge is 0.497 e. The van der Waals surface area contributed by atoms with E-state index in [0.29, 0.717) is 13.0 Å². The van der Waals surface area contributed by atoms with E-state index in [-0.39, 0.29) is 18.1 Å². The molecule has 0 aliphatic heterocycles. The molecule has 5 nitrogen and oxygen atoms in total. The summed E-state index contributed by atoms with van der Waals surface area (Å²) in [4.78, 5) is 14.4. The molecule has 5 heteroatoms. The third-order valence-electron chi connectivity index (χ3n) is 4.95. The second-order valence-corrected chi connectivity index (χ2v) is 6.83. The summed E-state index contributed by atoms with van der Waals surface area (Å²) in [7, 11) is 3.32. The molecule has 0 aliphatic carbocycles. The van der Waals surface area contributed by atoms with Gasteiger partial charge in [-0.05, 0) is 56.2 Å². The summed E-state index contributed by atoms with van der Waals surface area (Å²) in [5.74, 6) is 1.49. The number of methoxy groups -OCH3 is 2. The Labute approximate surface area is 168 Å². The monoisotopic (exact) mass is 385 g/mol. The van der Waals surface area contributed by atoms with Crippen molar-refractivity contribution in [3.63, 3.8) is 0 Å². The van der Waals surface area contributed by atoms with Crippen molar-refractivity contribution in [3.05, 3.63) is 59.7 Å². The molecule has 0 aliphatic rings. The molecule has 2 atom stereocenters. The molecule has 0 amide bonds. The molecule has 0 bridgehead atoms. The molecular formula is C23H31NO4. The average Bonchev–Trinajstić information content (AvgIpc) is 2.72. The maximum Gasteiger partial charge on any atom is 0.307 e. The van der Waals surface area contributed by atoms with Crippen molar-refractivity contribution in [1.29, 1.82) is 0 Å². The van der Waals surface area contributed by atoms with Crippen molar-refractivity contribution in [2.45, 2.75) is 45.8 Å². The Kier molecular flexibility index (Phi) is 8.33. The van der Waals surface area contributed by atoms with Crippen LogP contribution in [0.5, 0.6) is 11.5 Å². The van der Waals surface area contributed by atoms with Crippen molar-refractivity contribution in [2.24, 2.45) is 0 Å². The molecule has 28 heavy (non-hydrogen) atoms. The minimum absolute atomic E-state index is 0.0262. The van der Waals surface area contributed by atoms with E-state index in [1.54, 1.807) is 14.2 Å². The van der Waals surface area contributed by atoms with Crippen molar-refractivity contribution >= 4 is 5.97 Å². The predicted octanol–water partition coefficient (Wildman–Crippen LogP) is 4.61. The van der Waals surface area contributed by atoms with Crippen molar-refractivity contribution in [2.75, 3.05) is 20.8 Å². The van der Waals surface area contributed by atoms with Crippen LogP contribution in [0.1, 0.15) is 44.4 Å². The molecule has 152 valence electrons. The topological polar surface area (TPSA) is 48.0 Å². The minimum atomic E-state index is -0.170. The van der Waals surface area contributed by atoms with Crippen molar-refractivity contribution in [3.8, 4) is 11.5 Å². The molecule has 0 N–H and O–H groups in total. The van der Waals surface area contributed by atoms with Gasteiger partial charge in [-0.15, -0.1) is 0 Å². The van der Waals surface area contributed by atoms with E-state index in [1.165, 1.54) is 5.56 Å². The van der Waals surface area contributed by atoms with E-state index < -0.39 is 0 Å². The average molecular weight is 386 g/mol. The number of rotatable bonds is 10. The van der Waals surface area contributed by atoms with Crippen LogP contribution in [0.15, 0.2) is 48.5 Å². The molecule has 0 heterocycles. The van der Waals surface area contributed by atoms with Gasteiger partial charge in [-0.3, -0.25) is 9.69 Å². The highest BCUT2D eigenvalue weighted by Crippen LogP contribution is 2.28. The van der Waals surface area contributed by atoms with Gasteiger partial charge in [0.1, 0.15) is 11.5 Å². The first-order valence-electron chi connectivity index (χ1n) is 9.66. The van der Waals surface area contributed by atoms with Crippen LogP contribution in [-0.4, -0.2) is 37.7 Å². The summed E-state index contributed by atoms with van der Waals surface area (Å²) in [6.45, 7) is 7.18. The van der Waals surface area contributed by atoms with Gasteiger partial charge in [0.2, 0.25) is 0 Å². The SMILES string of the molecule is CCOC(=O)C[C@@H](C)N(Cc1ccc(OC)cc1)[C@H](C)c1ccc(OC)cc1. The first kappa shape index (κ1) is 21.8. The Hall–Kier alpha value is -2.53. The van der Waals surface area contributed by atoms with Gasteiger partial charge in [-0.25, -0.2) is 0 Å². The number of esters is 1. The van der Waals surface area contributed by atoms with E-state index in [2.05, 4.69) is 43.0 Å². The second kappa shape index (κ2) is 10.7. The summed E-state index contributed by atoms with van der Waals surface area (Å²) in [6.07, 6.45) is 0.352. The van der Waals surface area contributed by atoms with Crippen LogP contribution in [0.4, 0.5) is 0 Å². The number of nitrogens with zero attached hydrogens (tertiary/aromatic N) is 1. The molecule has 0 saturated heterocycles. The van der Waals surface area contributed by atoms with E-state index in [1.807, 2.05) is 31.2 Å². The summed E-state index contributed by atoms with van der Waals surface area (Å²) < 4.78 is 15.7. The highest BCUT2D eigenvalue weighted by Gasteiger charge is 2.24. The number of hydrogen-bond donors (Lipinski definition) is 0. The van der Waals surface area contributed by atoms with Crippen LogP contribution in [0.25, 0.3) is 0 Å². The van der Waals surface area contributed by atoms with Crippen LogP contribution < -0.4 is 9.47 Å². The third kappa shape index (κ3) is 5.99. The van der Waals surface area contributed by atoms with E-state index in [4.69, 9.17) is 14.2 Å². The Morgan fingerprint density at radius 2 is 1.46 bits per heavy atom. The second-order valence-electron chi connectivity index (χ2n) is 6.83. The fraction of sp³-hybridized carbons (Fsp3) is 0.435. The fourth-order valence-electron chi connectivity index (χ4n) is 3.27. The quantitative estimate of drug-likeness (QED) is 0.559. The van der Waals surface area contributed by atoms with Gasteiger partial charge < -0.3 is 14.2 Å². The van der Waals surface area contributed by atoms with Crippen LogP contribution in [0, 0.1) is 0 Å². The number of ether oxygens (including phenoxy) is 3. The van der Waals surface area contributed by atoms with Crippen LogP contribution >= 0.6 is 0 Å². The van der Waals surface area contributed by atoms with Gasteiger partial charge in [0.25, 0.3) is 0 Å². The van der Waals surface area contributed by atoms with Gasteiger partial charge >= 0.3 is 5.97 Å². The zero-order chi connectivity index (χ0) is 20.5. The van der Waals surface area contributed by atoms with Crippen molar-refractivity contribution in [1.82, 2.24) is 4.90 Å². The van der Waals surface area contributed by atoms with E-state index >= 15 is 0 Å². The number of benzene rings is 2. The lowest BCUT2D eigenvalue weighted by Gasteiger charge is -2.34. The maximum absolute atomic E-state index is 12.1. The molecule has 0 spiro atoms. The molecule has 0 radical (unpaired) electrons. The lowest BCUT2D eigenvalue weighted by molar-refractivity contribution is -0.144. The zero-order valence-corrected chi connectivity index (χ0v) is 17.5. The van der Waals surface area contributed by atoms with E-state index in [9.17, 15) is 4.79 Å². The van der Waals surface area contributed by atoms with Gasteiger partial charge in [0.05, 0.1) is 27.2 Å². The predicted molar refractivity (Wildman–Crippen MR) is 111 cm³/mol. The molecule has 2 aromatic carbocycles. The summed E-state index contributed by atoms with van der Waals surface area (Å²) >= 11 is 0. The summed E-state index contributed by atoms with van der Waals surface area (Å²) in [6, 6.07) is 16.3. The lowest BCUT2D eigenvalue weighted by Crippen LogP contribution is -2.36. The highest BCUT2D eigenvalue weighted by atomic mass is 16.5.